The standard InChI is InChI=1S/C18H27BrN4O2/c1-20-18(22-12-15-7-5-11-25-15)21-10-9-17(24)23(2)13-14-6-3-4-8-16(14)19/h3-4,6,8,15H,5,7,9-13H2,1-2H3,(H2,20,21,22). The Hall–Kier alpha value is -1.60. The van der Waals surface area contributed by atoms with E-state index in [1.807, 2.05) is 31.3 Å². The third-order valence-corrected chi connectivity index (χ3v) is 4.94. The molecule has 0 aliphatic carbocycles. The first-order chi connectivity index (χ1) is 12.1. The number of rotatable bonds is 7. The van der Waals surface area contributed by atoms with Gasteiger partial charge in [0.1, 0.15) is 0 Å². The van der Waals surface area contributed by atoms with Crippen molar-refractivity contribution in [2.75, 3.05) is 33.8 Å². The summed E-state index contributed by atoms with van der Waals surface area (Å²) in [6.45, 7) is 2.73. The molecule has 1 unspecified atom stereocenters. The maximum Gasteiger partial charge on any atom is 0.224 e. The van der Waals surface area contributed by atoms with Crippen molar-refractivity contribution in [3.8, 4) is 0 Å². The number of hydrogen-bond donors (Lipinski definition) is 2. The van der Waals surface area contributed by atoms with Crippen LogP contribution in [0.1, 0.15) is 24.8 Å². The Bertz CT molecular complexity index is 588. The van der Waals surface area contributed by atoms with Crippen molar-refractivity contribution in [1.82, 2.24) is 15.5 Å². The molecule has 6 nitrogen and oxygen atoms in total. The van der Waals surface area contributed by atoms with E-state index >= 15 is 0 Å². The third kappa shape index (κ3) is 6.66. The number of carbonyl (C=O) groups is 1. The fraction of sp³-hybridized carbons (Fsp3) is 0.556. The van der Waals surface area contributed by atoms with Crippen molar-refractivity contribution in [3.63, 3.8) is 0 Å². The molecule has 1 atom stereocenters. The molecule has 2 rings (SSSR count). The Kier molecular flexibility index (Phi) is 8.21. The molecule has 1 aliphatic heterocycles. The number of halogens is 1. The highest BCUT2D eigenvalue weighted by Crippen LogP contribution is 2.17. The monoisotopic (exact) mass is 410 g/mol. The summed E-state index contributed by atoms with van der Waals surface area (Å²) >= 11 is 3.52. The number of nitrogens with one attached hydrogen (secondary N) is 2. The molecule has 25 heavy (non-hydrogen) atoms. The van der Waals surface area contributed by atoms with Crippen molar-refractivity contribution in [2.45, 2.75) is 31.9 Å². The van der Waals surface area contributed by atoms with E-state index in [0.717, 1.165) is 36.0 Å². The van der Waals surface area contributed by atoms with Gasteiger partial charge < -0.3 is 20.3 Å². The lowest BCUT2D eigenvalue weighted by atomic mass is 10.2. The average molecular weight is 411 g/mol. The van der Waals surface area contributed by atoms with E-state index in [2.05, 4.69) is 31.6 Å². The normalized spacial score (nSPS) is 17.4. The Morgan fingerprint density at radius 1 is 1.40 bits per heavy atom. The highest BCUT2D eigenvalue weighted by molar-refractivity contribution is 9.10. The van der Waals surface area contributed by atoms with Crippen LogP contribution in [0.5, 0.6) is 0 Å². The van der Waals surface area contributed by atoms with Crippen LogP contribution in [0, 0.1) is 0 Å². The van der Waals surface area contributed by atoms with Crippen LogP contribution in [0.2, 0.25) is 0 Å². The van der Waals surface area contributed by atoms with E-state index in [1.54, 1.807) is 11.9 Å². The SMILES string of the molecule is CN=C(NCCC(=O)N(C)Cc1ccccc1Br)NCC1CCCO1. The zero-order valence-electron chi connectivity index (χ0n) is 14.9. The lowest BCUT2D eigenvalue weighted by Gasteiger charge is -2.19. The van der Waals surface area contributed by atoms with Gasteiger partial charge in [-0.2, -0.15) is 0 Å². The van der Waals surface area contributed by atoms with Gasteiger partial charge in [0.25, 0.3) is 0 Å². The molecule has 1 amide bonds. The number of carbonyl (C=O) groups excluding carboxylic acids is 1. The molecule has 1 aromatic rings. The van der Waals surface area contributed by atoms with E-state index in [0.29, 0.717) is 25.5 Å². The zero-order valence-corrected chi connectivity index (χ0v) is 16.5. The minimum absolute atomic E-state index is 0.0952. The minimum atomic E-state index is 0.0952. The predicted molar refractivity (Wildman–Crippen MR) is 104 cm³/mol. The lowest BCUT2D eigenvalue weighted by Crippen LogP contribution is -2.42. The van der Waals surface area contributed by atoms with Crippen molar-refractivity contribution >= 4 is 27.8 Å². The Morgan fingerprint density at radius 2 is 2.20 bits per heavy atom. The molecule has 1 heterocycles. The Morgan fingerprint density at radius 3 is 2.88 bits per heavy atom. The van der Waals surface area contributed by atoms with E-state index in [9.17, 15) is 4.79 Å². The van der Waals surface area contributed by atoms with Gasteiger partial charge in [-0.05, 0) is 24.5 Å². The van der Waals surface area contributed by atoms with Crippen LogP contribution >= 0.6 is 15.9 Å². The fourth-order valence-corrected chi connectivity index (χ4v) is 3.10. The van der Waals surface area contributed by atoms with Crippen LogP contribution in [-0.2, 0) is 16.1 Å². The fourth-order valence-electron chi connectivity index (χ4n) is 2.69. The van der Waals surface area contributed by atoms with Gasteiger partial charge in [-0.15, -0.1) is 0 Å². The van der Waals surface area contributed by atoms with Crippen LogP contribution in [0.25, 0.3) is 0 Å². The van der Waals surface area contributed by atoms with Gasteiger partial charge in [0.15, 0.2) is 5.96 Å². The second-order valence-corrected chi connectivity index (χ2v) is 6.96. The number of benzene rings is 1. The smallest absolute Gasteiger partial charge is 0.224 e. The van der Waals surface area contributed by atoms with Crippen LogP contribution in [0.15, 0.2) is 33.7 Å². The van der Waals surface area contributed by atoms with Gasteiger partial charge in [-0.25, -0.2) is 0 Å². The molecular weight excluding hydrogens is 384 g/mol. The minimum Gasteiger partial charge on any atom is -0.376 e. The number of hydrogen-bond acceptors (Lipinski definition) is 3. The molecule has 0 saturated carbocycles. The summed E-state index contributed by atoms with van der Waals surface area (Å²) in [7, 11) is 3.55. The van der Waals surface area contributed by atoms with Gasteiger partial charge in [-0.1, -0.05) is 34.1 Å². The second kappa shape index (κ2) is 10.4. The Balaban J connectivity index is 1.68. The summed E-state index contributed by atoms with van der Waals surface area (Å²) in [4.78, 5) is 18.2. The topological polar surface area (TPSA) is 66.0 Å². The van der Waals surface area contributed by atoms with E-state index in [1.165, 1.54) is 0 Å². The molecule has 0 spiro atoms. The van der Waals surface area contributed by atoms with Crippen molar-refractivity contribution in [1.29, 1.82) is 0 Å². The average Bonchev–Trinajstić information content (AvgIpc) is 3.13. The molecule has 2 N–H and O–H groups in total. The molecular formula is C18H27BrN4O2. The number of amides is 1. The highest BCUT2D eigenvalue weighted by atomic mass is 79.9. The highest BCUT2D eigenvalue weighted by Gasteiger charge is 2.15. The second-order valence-electron chi connectivity index (χ2n) is 6.11. The van der Waals surface area contributed by atoms with Gasteiger partial charge in [0, 0.05) is 51.2 Å². The molecule has 1 aliphatic rings. The van der Waals surface area contributed by atoms with E-state index in [-0.39, 0.29) is 12.0 Å². The van der Waals surface area contributed by atoms with Crippen LogP contribution < -0.4 is 10.6 Å². The summed E-state index contributed by atoms with van der Waals surface area (Å²) in [5.74, 6) is 0.801. The largest absolute Gasteiger partial charge is 0.376 e. The first-order valence-corrected chi connectivity index (χ1v) is 9.43. The Labute approximate surface area is 158 Å². The van der Waals surface area contributed by atoms with Crippen molar-refractivity contribution < 1.29 is 9.53 Å². The van der Waals surface area contributed by atoms with Crippen LogP contribution in [0.4, 0.5) is 0 Å². The third-order valence-electron chi connectivity index (χ3n) is 4.17. The molecule has 0 aromatic heterocycles. The van der Waals surface area contributed by atoms with E-state index in [4.69, 9.17) is 4.74 Å². The number of aliphatic imine (C=N–C) groups is 1. The summed E-state index contributed by atoms with van der Waals surface area (Å²) in [6.07, 6.45) is 2.89. The maximum absolute atomic E-state index is 12.3. The molecule has 1 saturated heterocycles. The molecule has 0 bridgehead atoms. The zero-order chi connectivity index (χ0) is 18.1. The van der Waals surface area contributed by atoms with E-state index < -0.39 is 0 Å². The first kappa shape index (κ1) is 19.7. The summed E-state index contributed by atoms with van der Waals surface area (Å²) in [5.41, 5.74) is 1.10. The molecule has 0 radical (unpaired) electrons. The van der Waals surface area contributed by atoms with Gasteiger partial charge >= 0.3 is 0 Å². The maximum atomic E-state index is 12.3. The van der Waals surface area contributed by atoms with Crippen molar-refractivity contribution in [2.24, 2.45) is 4.99 Å². The van der Waals surface area contributed by atoms with Gasteiger partial charge in [-0.3, -0.25) is 9.79 Å². The molecule has 1 aromatic carbocycles. The van der Waals surface area contributed by atoms with Gasteiger partial charge in [0.05, 0.1) is 6.10 Å². The summed E-state index contributed by atoms with van der Waals surface area (Å²) in [5, 5.41) is 6.43. The molecule has 7 heteroatoms. The lowest BCUT2D eigenvalue weighted by molar-refractivity contribution is -0.130. The van der Waals surface area contributed by atoms with Crippen molar-refractivity contribution in [3.05, 3.63) is 34.3 Å². The summed E-state index contributed by atoms with van der Waals surface area (Å²) in [6, 6.07) is 7.94. The van der Waals surface area contributed by atoms with Crippen LogP contribution in [0.3, 0.4) is 0 Å². The molecule has 138 valence electrons. The number of guanidine groups is 1. The molecule has 1 fully saturated rings. The first-order valence-electron chi connectivity index (χ1n) is 8.63. The predicted octanol–water partition coefficient (Wildman–Crippen LogP) is 2.14. The quantitative estimate of drug-likeness (QED) is 0.533. The number of nitrogens with zero attached hydrogens (tertiary/aromatic N) is 2. The van der Waals surface area contributed by atoms with Gasteiger partial charge in [0.2, 0.25) is 5.91 Å². The van der Waals surface area contributed by atoms with Crippen LogP contribution in [-0.4, -0.2) is 56.7 Å². The summed E-state index contributed by atoms with van der Waals surface area (Å²) < 4.78 is 6.60. The number of ether oxygens (including phenoxy) is 1.